The number of rotatable bonds is 8. The summed E-state index contributed by atoms with van der Waals surface area (Å²) in [6, 6.07) is 7.29. The summed E-state index contributed by atoms with van der Waals surface area (Å²) >= 11 is 0. The molecule has 4 aromatic carbocycles. The van der Waals surface area contributed by atoms with Crippen molar-refractivity contribution in [3.63, 3.8) is 0 Å². The molecule has 448 valence electrons. The minimum atomic E-state index is -5.01. The highest BCUT2D eigenvalue weighted by Gasteiger charge is 2.51. The number of likely N-dealkylation sites (tertiary alicyclic amines) is 2. The van der Waals surface area contributed by atoms with E-state index in [-0.39, 0.29) is 36.3 Å². The van der Waals surface area contributed by atoms with Gasteiger partial charge in [0, 0.05) is 51.4 Å². The third kappa shape index (κ3) is 14.4. The number of nitrogens with zero attached hydrogens (tertiary/aromatic N) is 4. The van der Waals surface area contributed by atoms with Crippen LogP contribution in [0.1, 0.15) is 119 Å². The Morgan fingerprint density at radius 2 is 0.841 bits per heavy atom. The van der Waals surface area contributed by atoms with Crippen molar-refractivity contribution < 1.29 is 90.1 Å². The number of esters is 2. The van der Waals surface area contributed by atoms with Gasteiger partial charge in [-0.15, -0.1) is 0 Å². The zero-order valence-corrected chi connectivity index (χ0v) is 45.3. The van der Waals surface area contributed by atoms with E-state index in [1.165, 1.54) is 62.4 Å². The van der Waals surface area contributed by atoms with E-state index < -0.39 is 131 Å². The Morgan fingerprint density at radius 3 is 1.12 bits per heavy atom. The fraction of sp³-hybridized carbons (Fsp3) is 0.500. The Bertz CT molecular complexity index is 2760. The molecule has 4 aliphatic rings. The van der Waals surface area contributed by atoms with Gasteiger partial charge in [0.15, 0.2) is 0 Å². The Morgan fingerprint density at radius 1 is 0.524 bits per heavy atom. The molecule has 8 rings (SSSR count). The van der Waals surface area contributed by atoms with Crippen molar-refractivity contribution in [3.8, 4) is 0 Å². The maximum Gasteiger partial charge on any atom is 0.416 e. The smallest absolute Gasteiger partial charge is 0.416 e. The fourth-order valence-corrected chi connectivity index (χ4v) is 11.8. The largest absolute Gasteiger partial charge is 0.468 e. The topological polar surface area (TPSA) is 124 Å². The highest BCUT2D eigenvalue weighted by Crippen LogP contribution is 2.46. The lowest BCUT2D eigenvalue weighted by atomic mass is 9.79. The zero-order valence-electron chi connectivity index (χ0n) is 45.3. The number of amides is 4. The third-order valence-corrected chi connectivity index (χ3v) is 15.8. The molecule has 26 heteroatoms. The number of alkyl halides is 12. The number of hydrogen-bond acceptors (Lipinski definition) is 8. The first-order valence-electron chi connectivity index (χ1n) is 25.9. The molecule has 4 aromatic rings. The lowest BCUT2D eigenvalue weighted by Gasteiger charge is -2.47. The Hall–Kier alpha value is -6.70. The first-order valence-corrected chi connectivity index (χ1v) is 25.9. The number of hydrogen-bond donors (Lipinski definition) is 2. The average molecular weight is 1180 g/mol. The van der Waals surface area contributed by atoms with Gasteiger partial charge in [-0.05, 0) is 159 Å². The van der Waals surface area contributed by atoms with Crippen molar-refractivity contribution in [1.82, 2.24) is 30.2 Å². The van der Waals surface area contributed by atoms with Crippen LogP contribution >= 0.6 is 0 Å². The van der Waals surface area contributed by atoms with E-state index in [1.54, 1.807) is 26.0 Å². The molecule has 4 heterocycles. The molecule has 0 radical (unpaired) electrons. The number of carbonyl (C=O) groups excluding carboxylic acids is 4. The maximum atomic E-state index is 13.9. The summed E-state index contributed by atoms with van der Waals surface area (Å²) in [5, 5.41) is 6.69. The van der Waals surface area contributed by atoms with Gasteiger partial charge in [0.25, 0.3) is 0 Å². The number of aryl methyl sites for hydroxylation is 2. The van der Waals surface area contributed by atoms with E-state index in [4.69, 9.17) is 9.47 Å². The minimum Gasteiger partial charge on any atom is -0.468 e. The molecule has 4 fully saturated rings. The number of halogens is 14. The first-order chi connectivity index (χ1) is 38.1. The summed E-state index contributed by atoms with van der Waals surface area (Å²) in [7, 11) is 5.18. The molecule has 4 saturated heterocycles. The van der Waals surface area contributed by atoms with Gasteiger partial charge < -0.3 is 29.1 Å². The van der Waals surface area contributed by atoms with Gasteiger partial charge in [-0.3, -0.25) is 20.2 Å². The van der Waals surface area contributed by atoms with Gasteiger partial charge in [-0.2, -0.15) is 52.7 Å². The van der Waals surface area contributed by atoms with E-state index in [9.17, 15) is 80.6 Å². The predicted octanol–water partition coefficient (Wildman–Crippen LogP) is 12.4. The fourth-order valence-electron chi connectivity index (χ4n) is 11.8. The van der Waals surface area contributed by atoms with Crippen molar-refractivity contribution in [2.75, 3.05) is 41.4 Å². The van der Waals surface area contributed by atoms with Crippen LogP contribution in [0.5, 0.6) is 0 Å². The van der Waals surface area contributed by atoms with Gasteiger partial charge in [0.1, 0.15) is 23.7 Å². The summed E-state index contributed by atoms with van der Waals surface area (Å²) in [5.41, 5.74) is -5.12. The second-order valence-electron chi connectivity index (χ2n) is 21.5. The van der Waals surface area contributed by atoms with Crippen molar-refractivity contribution in [3.05, 3.63) is 140 Å². The first kappa shape index (κ1) is 62.9. The number of piperidine rings is 2. The number of ether oxygens (including phenoxy) is 2. The second-order valence-corrected chi connectivity index (χ2v) is 21.5. The van der Waals surface area contributed by atoms with E-state index in [0.717, 1.165) is 9.80 Å². The maximum absolute atomic E-state index is 13.9. The van der Waals surface area contributed by atoms with Crippen LogP contribution in [0.4, 0.5) is 71.1 Å². The monoisotopic (exact) mass is 1180 g/mol. The molecule has 0 aromatic heterocycles. The van der Waals surface area contributed by atoms with E-state index >= 15 is 0 Å². The minimum absolute atomic E-state index is 0.0406. The SMILES string of the molecule is COC(=O)[C@@H]1CC[C@@]2(CCN(C(=O)N(C)Cc3cc(C(F)(F)F)cc(C(F)(F)F)c3)[C@@H](c3ccc(F)cc3C)C2)N1.COC(=O)[C@H]1CC[C@@]2(CCN(C(=O)N(C)Cc3cc(C(F)(F)F)cc(C(F)(F)F)c3)[C@@H](c3ccc(F)cc3C)C2)N1. The summed E-state index contributed by atoms with van der Waals surface area (Å²) in [6.45, 7) is 2.72. The number of urea groups is 2. The van der Waals surface area contributed by atoms with Crippen molar-refractivity contribution in [1.29, 1.82) is 0 Å². The Balaban J connectivity index is 0.000000236. The highest BCUT2D eigenvalue weighted by molar-refractivity contribution is 5.78. The van der Waals surface area contributed by atoms with E-state index in [1.807, 2.05) is 0 Å². The molecule has 82 heavy (non-hydrogen) atoms. The molecule has 0 aliphatic carbocycles. The second kappa shape index (κ2) is 23.9. The third-order valence-electron chi connectivity index (χ3n) is 15.8. The van der Waals surface area contributed by atoms with Crippen LogP contribution in [0.25, 0.3) is 0 Å². The molecule has 12 nitrogen and oxygen atoms in total. The van der Waals surface area contributed by atoms with Crippen molar-refractivity contribution >= 4 is 24.0 Å². The van der Waals surface area contributed by atoms with E-state index in [0.29, 0.717) is 97.9 Å². The Kier molecular flexibility index (Phi) is 18.3. The summed E-state index contributed by atoms with van der Waals surface area (Å²) in [4.78, 5) is 56.8. The molecule has 2 N–H and O–H groups in total. The van der Waals surface area contributed by atoms with E-state index in [2.05, 4.69) is 10.6 Å². The van der Waals surface area contributed by atoms with Gasteiger partial charge in [0.2, 0.25) is 0 Å². The number of methoxy groups -OCH3 is 2. The summed E-state index contributed by atoms with van der Waals surface area (Å²) in [5.74, 6) is -1.76. The molecular formula is C56H60F14N6O6. The molecule has 0 unspecified atom stereocenters. The van der Waals surface area contributed by atoms with Gasteiger partial charge in [0.05, 0.1) is 48.6 Å². The highest BCUT2D eigenvalue weighted by atomic mass is 19.4. The quantitative estimate of drug-likeness (QED) is 0.132. The number of nitrogens with one attached hydrogen (secondary N) is 2. The van der Waals surface area contributed by atoms with Crippen molar-refractivity contribution in [2.24, 2.45) is 0 Å². The van der Waals surface area contributed by atoms with Gasteiger partial charge in [-0.25, -0.2) is 18.4 Å². The van der Waals surface area contributed by atoms with Crippen LogP contribution in [-0.2, 0) is 56.9 Å². The van der Waals surface area contributed by atoms with Crippen LogP contribution in [0, 0.1) is 25.5 Å². The summed E-state index contributed by atoms with van der Waals surface area (Å²) < 4.78 is 198. The lowest BCUT2D eigenvalue weighted by molar-refractivity contribution is -0.144. The molecule has 2 spiro atoms. The molecule has 4 aliphatic heterocycles. The number of carbonyl (C=O) groups is 4. The Labute approximate surface area is 463 Å². The van der Waals surface area contributed by atoms with Crippen LogP contribution in [0.15, 0.2) is 72.8 Å². The lowest BCUT2D eigenvalue weighted by Crippen LogP contribution is -2.56. The van der Waals surface area contributed by atoms with Crippen LogP contribution < -0.4 is 10.6 Å². The number of benzene rings is 4. The molecule has 4 amide bonds. The van der Waals surface area contributed by atoms with Gasteiger partial charge >= 0.3 is 48.7 Å². The van der Waals surface area contributed by atoms with Crippen LogP contribution in [-0.4, -0.2) is 108 Å². The van der Waals surface area contributed by atoms with Gasteiger partial charge in [-0.1, -0.05) is 12.1 Å². The predicted molar refractivity (Wildman–Crippen MR) is 268 cm³/mol. The summed E-state index contributed by atoms with van der Waals surface area (Å²) in [6.07, 6.45) is -16.2. The van der Waals surface area contributed by atoms with Crippen LogP contribution in [0.3, 0.4) is 0 Å². The van der Waals surface area contributed by atoms with Crippen LogP contribution in [0.2, 0.25) is 0 Å². The molecular weight excluding hydrogens is 1120 g/mol. The normalized spacial score (nSPS) is 23.1. The molecule has 0 saturated carbocycles. The average Bonchev–Trinajstić information content (AvgIpc) is 4.07. The zero-order chi connectivity index (χ0) is 60.7. The molecule has 6 atom stereocenters. The van der Waals surface area contributed by atoms with Crippen molar-refractivity contribution in [2.45, 2.75) is 138 Å². The standard InChI is InChI=1S/2C28H30F7N3O3/c2*1-16-10-20(29)4-5-21(16)23-14-26(7-6-22(36-26)24(39)41-3)8-9-38(23)25(40)37(2)15-17-11-18(27(30,31)32)13-19(12-17)28(33,34)35/h2*4-5,10-13,22-23,36H,6-9,14-15H2,1-3H3/t22-,23+,26-;22-,23-,26+/m01/s1. The molecule has 0 bridgehead atoms.